The topological polar surface area (TPSA) is 22.1 Å². The van der Waals surface area contributed by atoms with Crippen molar-refractivity contribution in [2.75, 3.05) is 0 Å². The van der Waals surface area contributed by atoms with Crippen LogP contribution >= 0.6 is 0 Å². The minimum Gasteiger partial charge on any atom is -0.487 e. The van der Waals surface area contributed by atoms with Gasteiger partial charge in [-0.3, -0.25) is 0 Å². The van der Waals surface area contributed by atoms with Gasteiger partial charge in [-0.15, -0.1) is 0 Å². The molecule has 0 N–H and O–H groups in total. The Morgan fingerprint density at radius 2 is 1.90 bits per heavy atom. The first-order valence-electron chi connectivity index (χ1n) is 7.04. The molecule has 4 rings (SSSR count). The number of nitrogens with zero attached hydrogens (tertiary/aromatic N) is 1. The molecular formula is C18H17NO. The first kappa shape index (κ1) is 11.7. The zero-order valence-corrected chi connectivity index (χ0v) is 12.0. The van der Waals surface area contributed by atoms with Crippen LogP contribution in [-0.2, 0) is 6.42 Å². The van der Waals surface area contributed by atoms with Gasteiger partial charge in [-0.05, 0) is 38.5 Å². The summed E-state index contributed by atoms with van der Waals surface area (Å²) in [7, 11) is 0. The smallest absolute Gasteiger partial charge is 0.125 e. The molecule has 0 atom stereocenters. The maximum atomic E-state index is 6.06. The third kappa shape index (κ3) is 1.61. The molecular weight excluding hydrogens is 246 g/mol. The van der Waals surface area contributed by atoms with E-state index in [0.717, 1.165) is 23.2 Å². The van der Waals surface area contributed by atoms with Crippen molar-refractivity contribution >= 4 is 21.8 Å². The number of para-hydroxylation sites is 1. The summed E-state index contributed by atoms with van der Waals surface area (Å²) in [5.74, 6) is 1.00. The van der Waals surface area contributed by atoms with E-state index in [1.807, 2.05) is 6.07 Å². The van der Waals surface area contributed by atoms with Crippen LogP contribution in [0.3, 0.4) is 0 Å². The summed E-state index contributed by atoms with van der Waals surface area (Å²) in [6.45, 7) is 6.46. The molecule has 2 heteroatoms. The van der Waals surface area contributed by atoms with Crippen LogP contribution in [0, 0.1) is 6.92 Å². The van der Waals surface area contributed by atoms with Crippen LogP contribution in [0.2, 0.25) is 0 Å². The van der Waals surface area contributed by atoms with Crippen LogP contribution in [0.15, 0.2) is 36.4 Å². The van der Waals surface area contributed by atoms with Gasteiger partial charge in [-0.25, -0.2) is 4.98 Å². The minimum atomic E-state index is -0.107. The quantitative estimate of drug-likeness (QED) is 0.560. The molecule has 0 saturated heterocycles. The van der Waals surface area contributed by atoms with Crippen molar-refractivity contribution in [2.24, 2.45) is 0 Å². The van der Waals surface area contributed by atoms with Crippen molar-refractivity contribution < 1.29 is 4.74 Å². The van der Waals surface area contributed by atoms with Gasteiger partial charge in [0.2, 0.25) is 0 Å². The van der Waals surface area contributed by atoms with E-state index in [9.17, 15) is 0 Å². The van der Waals surface area contributed by atoms with Crippen molar-refractivity contribution in [3.05, 3.63) is 47.5 Å². The van der Waals surface area contributed by atoms with Gasteiger partial charge in [0.15, 0.2) is 0 Å². The third-order valence-corrected chi connectivity index (χ3v) is 4.16. The van der Waals surface area contributed by atoms with E-state index in [2.05, 4.69) is 51.1 Å². The Hall–Kier alpha value is -2.09. The Morgan fingerprint density at radius 1 is 1.10 bits per heavy atom. The predicted octanol–water partition coefficient (Wildman–Crippen LogP) is 4.41. The molecule has 2 aromatic carbocycles. The Bertz CT molecular complexity index is 849. The monoisotopic (exact) mass is 263 g/mol. The lowest BCUT2D eigenvalue weighted by Gasteiger charge is -2.16. The van der Waals surface area contributed by atoms with E-state index >= 15 is 0 Å². The minimum absolute atomic E-state index is 0.107. The number of aromatic nitrogens is 1. The Balaban J connectivity index is 2.08. The highest BCUT2D eigenvalue weighted by Gasteiger charge is 2.32. The van der Waals surface area contributed by atoms with Crippen LogP contribution in [0.25, 0.3) is 21.8 Å². The second-order valence-corrected chi connectivity index (χ2v) is 6.26. The third-order valence-electron chi connectivity index (χ3n) is 4.16. The zero-order chi connectivity index (χ0) is 13.9. The number of hydrogen-bond donors (Lipinski definition) is 0. The largest absolute Gasteiger partial charge is 0.487 e. The van der Waals surface area contributed by atoms with Gasteiger partial charge in [0.25, 0.3) is 0 Å². The lowest BCUT2D eigenvalue weighted by atomic mass is 9.95. The van der Waals surface area contributed by atoms with Crippen molar-refractivity contribution in [1.29, 1.82) is 0 Å². The molecule has 0 spiro atoms. The molecule has 0 radical (unpaired) electrons. The van der Waals surface area contributed by atoms with Gasteiger partial charge in [0.1, 0.15) is 11.4 Å². The van der Waals surface area contributed by atoms with Gasteiger partial charge < -0.3 is 4.74 Å². The molecule has 20 heavy (non-hydrogen) atoms. The van der Waals surface area contributed by atoms with Crippen molar-refractivity contribution in [3.63, 3.8) is 0 Å². The molecule has 0 amide bonds. The molecule has 2 heterocycles. The molecule has 1 aromatic heterocycles. The SMILES string of the molecule is Cc1c2c(cc3nc4ccccc4cc13)OC(C)(C)C2. The molecule has 0 bridgehead atoms. The van der Waals surface area contributed by atoms with E-state index < -0.39 is 0 Å². The number of fused-ring (bicyclic) bond motifs is 3. The second-order valence-electron chi connectivity index (χ2n) is 6.26. The van der Waals surface area contributed by atoms with Gasteiger partial charge in [0, 0.05) is 28.8 Å². The van der Waals surface area contributed by atoms with Crippen LogP contribution in [0.4, 0.5) is 0 Å². The predicted molar refractivity (Wildman–Crippen MR) is 82.4 cm³/mol. The average Bonchev–Trinajstić information content (AvgIpc) is 2.72. The zero-order valence-electron chi connectivity index (χ0n) is 12.0. The van der Waals surface area contributed by atoms with Crippen molar-refractivity contribution in [3.8, 4) is 5.75 Å². The van der Waals surface area contributed by atoms with Crippen LogP contribution < -0.4 is 4.74 Å². The Kier molecular flexibility index (Phi) is 2.18. The molecule has 0 fully saturated rings. The van der Waals surface area contributed by atoms with Gasteiger partial charge in [-0.1, -0.05) is 18.2 Å². The molecule has 0 saturated carbocycles. The van der Waals surface area contributed by atoms with Crippen LogP contribution in [0.5, 0.6) is 5.75 Å². The Labute approximate surface area is 118 Å². The maximum absolute atomic E-state index is 6.06. The number of hydrogen-bond acceptors (Lipinski definition) is 2. The van der Waals surface area contributed by atoms with Gasteiger partial charge in [-0.2, -0.15) is 0 Å². The highest BCUT2D eigenvalue weighted by molar-refractivity contribution is 5.95. The fourth-order valence-corrected chi connectivity index (χ4v) is 3.17. The molecule has 2 nitrogen and oxygen atoms in total. The van der Waals surface area contributed by atoms with Crippen LogP contribution in [-0.4, -0.2) is 10.6 Å². The normalized spacial score (nSPS) is 16.4. The summed E-state index contributed by atoms with van der Waals surface area (Å²) >= 11 is 0. The summed E-state index contributed by atoms with van der Waals surface area (Å²) in [5.41, 5.74) is 4.60. The molecule has 1 aliphatic rings. The summed E-state index contributed by atoms with van der Waals surface area (Å²) < 4.78 is 6.06. The van der Waals surface area contributed by atoms with Crippen LogP contribution in [0.1, 0.15) is 25.0 Å². The number of aryl methyl sites for hydroxylation is 1. The molecule has 100 valence electrons. The van der Waals surface area contributed by atoms with Crippen molar-refractivity contribution in [1.82, 2.24) is 4.98 Å². The lowest BCUT2D eigenvalue weighted by molar-refractivity contribution is 0.138. The van der Waals surface area contributed by atoms with Gasteiger partial charge >= 0.3 is 0 Å². The summed E-state index contributed by atoms with van der Waals surface area (Å²) in [6.07, 6.45) is 0.969. The molecule has 0 unspecified atom stereocenters. The Morgan fingerprint density at radius 3 is 2.75 bits per heavy atom. The average molecular weight is 263 g/mol. The first-order valence-corrected chi connectivity index (χ1v) is 7.04. The van der Waals surface area contributed by atoms with Gasteiger partial charge in [0.05, 0.1) is 11.0 Å². The molecule has 3 aromatic rings. The number of rotatable bonds is 0. The van der Waals surface area contributed by atoms with E-state index in [-0.39, 0.29) is 5.60 Å². The summed E-state index contributed by atoms with van der Waals surface area (Å²) in [6, 6.07) is 12.6. The second kappa shape index (κ2) is 3.72. The van der Waals surface area contributed by atoms with Crippen molar-refractivity contribution in [2.45, 2.75) is 32.8 Å². The summed E-state index contributed by atoms with van der Waals surface area (Å²) in [4.78, 5) is 4.78. The van der Waals surface area contributed by atoms with E-state index in [1.165, 1.54) is 21.9 Å². The lowest BCUT2D eigenvalue weighted by Crippen LogP contribution is -2.24. The van der Waals surface area contributed by atoms with E-state index in [0.29, 0.717) is 0 Å². The van der Waals surface area contributed by atoms with E-state index in [4.69, 9.17) is 9.72 Å². The molecule has 0 aliphatic carbocycles. The highest BCUT2D eigenvalue weighted by atomic mass is 16.5. The fourth-order valence-electron chi connectivity index (χ4n) is 3.17. The number of pyridine rings is 1. The number of benzene rings is 2. The van der Waals surface area contributed by atoms with E-state index in [1.54, 1.807) is 0 Å². The maximum Gasteiger partial charge on any atom is 0.125 e. The fraction of sp³-hybridized carbons (Fsp3) is 0.278. The molecule has 1 aliphatic heterocycles. The first-order chi connectivity index (χ1) is 9.53. The highest BCUT2D eigenvalue weighted by Crippen LogP contribution is 2.40. The standard InChI is InChI=1S/C18H17NO/c1-11-13-8-12-6-4-5-7-15(12)19-16(13)9-17-14(11)10-18(2,3)20-17/h4-9H,10H2,1-3H3. The summed E-state index contributed by atoms with van der Waals surface area (Å²) in [5, 5.41) is 2.44. The number of ether oxygens (including phenoxy) is 1.